The Bertz CT molecular complexity index is 1320. The smallest absolute Gasteiger partial charge is 0.119 e. The highest BCUT2D eigenvalue weighted by Crippen LogP contribution is 2.32. The average molecular weight is 427 g/mol. The third-order valence-electron chi connectivity index (χ3n) is 6.36. The van der Waals surface area contributed by atoms with Gasteiger partial charge in [-0.25, -0.2) is 0 Å². The number of aromatic nitrogens is 2. The van der Waals surface area contributed by atoms with E-state index in [0.717, 1.165) is 50.9 Å². The van der Waals surface area contributed by atoms with Gasteiger partial charge in [0.15, 0.2) is 0 Å². The third kappa shape index (κ3) is 3.45. The topological polar surface area (TPSA) is 68.5 Å². The van der Waals surface area contributed by atoms with Crippen LogP contribution in [0.2, 0.25) is 0 Å². The Kier molecular flexibility index (Phi) is 4.70. The van der Waals surface area contributed by atoms with E-state index in [9.17, 15) is 0 Å². The number of methoxy groups -OCH3 is 1. The lowest BCUT2D eigenvalue weighted by molar-refractivity contribution is 0.359. The summed E-state index contributed by atoms with van der Waals surface area (Å²) in [6.45, 7) is 3.31. The van der Waals surface area contributed by atoms with Gasteiger partial charge in [-0.1, -0.05) is 18.2 Å². The van der Waals surface area contributed by atoms with Crippen LogP contribution in [0.3, 0.4) is 0 Å². The molecule has 0 aliphatic carbocycles. The maximum Gasteiger partial charge on any atom is 0.119 e. The van der Waals surface area contributed by atoms with Crippen LogP contribution >= 0.6 is 0 Å². The molecule has 6 rings (SSSR count). The summed E-state index contributed by atoms with van der Waals surface area (Å²) in [5.41, 5.74) is 11.9. The summed E-state index contributed by atoms with van der Waals surface area (Å²) in [5.74, 6) is 0.865. The number of hydrogen-bond donors (Lipinski definition) is 3. The van der Waals surface area contributed by atoms with Crippen molar-refractivity contribution in [1.82, 2.24) is 26.1 Å². The van der Waals surface area contributed by atoms with Gasteiger partial charge in [0.1, 0.15) is 5.75 Å². The van der Waals surface area contributed by atoms with Crippen molar-refractivity contribution in [3.8, 4) is 17.0 Å². The summed E-state index contributed by atoms with van der Waals surface area (Å²) in [7, 11) is 1.69. The third-order valence-corrected chi connectivity index (χ3v) is 6.36. The van der Waals surface area contributed by atoms with Crippen LogP contribution < -0.4 is 20.7 Å². The maximum atomic E-state index is 5.35. The van der Waals surface area contributed by atoms with Gasteiger partial charge in [0.05, 0.1) is 29.7 Å². The molecule has 3 heterocycles. The van der Waals surface area contributed by atoms with Crippen molar-refractivity contribution in [1.29, 1.82) is 0 Å². The van der Waals surface area contributed by atoms with Gasteiger partial charge in [0, 0.05) is 23.7 Å². The molecule has 2 aliphatic heterocycles. The molecule has 3 N–H and O–H groups in total. The van der Waals surface area contributed by atoms with Gasteiger partial charge < -0.3 is 10.2 Å². The molecule has 0 unspecified atom stereocenters. The molecule has 4 aromatic rings. The van der Waals surface area contributed by atoms with E-state index in [2.05, 4.69) is 80.8 Å². The van der Waals surface area contributed by atoms with Gasteiger partial charge in [-0.3, -0.25) is 15.0 Å². The zero-order valence-corrected chi connectivity index (χ0v) is 18.1. The van der Waals surface area contributed by atoms with Crippen molar-refractivity contribution in [3.05, 3.63) is 66.5 Å². The Balaban J connectivity index is 1.32. The van der Waals surface area contributed by atoms with Crippen LogP contribution in [0.5, 0.6) is 5.75 Å². The minimum absolute atomic E-state index is 0.865. The van der Waals surface area contributed by atoms with E-state index in [1.165, 1.54) is 31.6 Å². The van der Waals surface area contributed by atoms with Crippen LogP contribution in [0.1, 0.15) is 12.8 Å². The van der Waals surface area contributed by atoms with Crippen LogP contribution in [0, 0.1) is 0 Å². The fourth-order valence-electron chi connectivity index (χ4n) is 4.62. The van der Waals surface area contributed by atoms with Gasteiger partial charge in [0.2, 0.25) is 0 Å². The summed E-state index contributed by atoms with van der Waals surface area (Å²) in [6.07, 6.45) is 4.74. The molecular weight excluding hydrogens is 400 g/mol. The lowest BCUT2D eigenvalue weighted by Crippen LogP contribution is -2.38. The minimum atomic E-state index is 0.865. The normalized spacial score (nSPS) is 16.7. The van der Waals surface area contributed by atoms with Crippen molar-refractivity contribution < 1.29 is 4.74 Å². The molecular formula is C25H26N6O. The molecule has 7 nitrogen and oxygen atoms in total. The predicted octanol–water partition coefficient (Wildman–Crippen LogP) is 4.16. The molecule has 1 fully saturated rings. The molecule has 162 valence electrons. The predicted molar refractivity (Wildman–Crippen MR) is 128 cm³/mol. The monoisotopic (exact) mass is 426 g/mol. The number of nitrogens with one attached hydrogen (secondary N) is 3. The first-order valence-electron chi connectivity index (χ1n) is 11.1. The number of hydrogen-bond acceptors (Lipinski definition) is 6. The number of likely N-dealkylation sites (tertiary alicyclic amines) is 1. The highest BCUT2D eigenvalue weighted by Gasteiger charge is 2.19. The summed E-state index contributed by atoms with van der Waals surface area (Å²) >= 11 is 0. The Labute approximate surface area is 186 Å². The maximum absolute atomic E-state index is 5.35. The molecule has 32 heavy (non-hydrogen) atoms. The van der Waals surface area contributed by atoms with Crippen molar-refractivity contribution in [3.63, 3.8) is 0 Å². The van der Waals surface area contributed by atoms with E-state index in [1.807, 2.05) is 11.1 Å². The van der Waals surface area contributed by atoms with Gasteiger partial charge in [-0.05, 0) is 73.1 Å². The molecule has 3 aromatic carbocycles. The Morgan fingerprint density at radius 2 is 1.81 bits per heavy atom. The number of fused-ring (bicyclic) bond motifs is 2. The first-order chi connectivity index (χ1) is 15.8. The first-order valence-corrected chi connectivity index (χ1v) is 11.1. The number of aromatic amines is 1. The molecule has 0 amide bonds. The largest absolute Gasteiger partial charge is 0.497 e. The van der Waals surface area contributed by atoms with E-state index in [0.29, 0.717) is 0 Å². The highest BCUT2D eigenvalue weighted by atomic mass is 16.5. The molecule has 0 spiro atoms. The number of hydrazine groups is 2. The van der Waals surface area contributed by atoms with E-state index < -0.39 is 0 Å². The lowest BCUT2D eigenvalue weighted by atomic mass is 10.0. The Morgan fingerprint density at radius 3 is 2.69 bits per heavy atom. The van der Waals surface area contributed by atoms with Crippen molar-refractivity contribution in [2.75, 3.05) is 31.8 Å². The molecule has 7 heteroatoms. The highest BCUT2D eigenvalue weighted by molar-refractivity contribution is 5.97. The zero-order valence-electron chi connectivity index (χ0n) is 18.1. The summed E-state index contributed by atoms with van der Waals surface area (Å²) < 4.78 is 5.35. The van der Waals surface area contributed by atoms with Crippen molar-refractivity contribution >= 4 is 27.4 Å². The molecule has 0 atom stereocenters. The van der Waals surface area contributed by atoms with Crippen molar-refractivity contribution in [2.45, 2.75) is 12.8 Å². The van der Waals surface area contributed by atoms with Gasteiger partial charge in [-0.2, -0.15) is 5.10 Å². The second-order valence-corrected chi connectivity index (χ2v) is 8.47. The number of anilines is 1. The summed E-state index contributed by atoms with van der Waals surface area (Å²) in [4.78, 5) is 2.48. The lowest BCUT2D eigenvalue weighted by Gasteiger charge is -2.15. The van der Waals surface area contributed by atoms with Gasteiger partial charge >= 0.3 is 0 Å². The SMILES string of the molecule is COc1ccc2cc(-c3n[nH]c4ccc(N5C=C(CN6CCCC6)NN5)cc34)ccc2c1. The van der Waals surface area contributed by atoms with Crippen LogP contribution in [-0.2, 0) is 0 Å². The van der Waals surface area contributed by atoms with Crippen LogP contribution in [-0.4, -0.2) is 41.8 Å². The van der Waals surface area contributed by atoms with E-state index >= 15 is 0 Å². The Hall–Kier alpha value is -3.55. The first kappa shape index (κ1) is 19.2. The van der Waals surface area contributed by atoms with Gasteiger partial charge in [-0.15, -0.1) is 5.53 Å². The fraction of sp³-hybridized carbons (Fsp3) is 0.240. The second-order valence-electron chi connectivity index (χ2n) is 8.47. The van der Waals surface area contributed by atoms with Gasteiger partial charge in [0.25, 0.3) is 0 Å². The number of ether oxygens (including phenoxy) is 1. The molecule has 1 saturated heterocycles. The standard InChI is InChI=1S/C25H26N6O/c1-32-22-8-6-17-12-19(5-4-18(17)13-22)25-23-14-21(7-9-24(23)27-28-25)31-16-20(26-29-31)15-30-10-2-3-11-30/h4-9,12-14,16,26,29H,2-3,10-11,15H2,1H3,(H,27,28). The Morgan fingerprint density at radius 1 is 0.969 bits per heavy atom. The zero-order chi connectivity index (χ0) is 21.5. The van der Waals surface area contributed by atoms with Crippen molar-refractivity contribution in [2.24, 2.45) is 0 Å². The van der Waals surface area contributed by atoms with E-state index in [4.69, 9.17) is 4.74 Å². The van der Waals surface area contributed by atoms with E-state index in [1.54, 1.807) is 7.11 Å². The number of rotatable bonds is 5. The molecule has 0 saturated carbocycles. The van der Waals surface area contributed by atoms with Crippen LogP contribution in [0.4, 0.5) is 5.69 Å². The van der Waals surface area contributed by atoms with E-state index in [-0.39, 0.29) is 0 Å². The number of benzene rings is 3. The molecule has 0 radical (unpaired) electrons. The summed E-state index contributed by atoms with van der Waals surface area (Å²) in [6, 6.07) is 18.9. The number of H-pyrrole nitrogens is 1. The fourth-order valence-corrected chi connectivity index (χ4v) is 4.62. The molecule has 0 bridgehead atoms. The van der Waals surface area contributed by atoms with Crippen LogP contribution in [0.15, 0.2) is 66.5 Å². The second kappa shape index (κ2) is 7.85. The quantitative estimate of drug-likeness (QED) is 0.445. The molecule has 1 aromatic heterocycles. The molecule has 2 aliphatic rings. The minimum Gasteiger partial charge on any atom is -0.497 e. The number of nitrogens with zero attached hydrogens (tertiary/aromatic N) is 3. The average Bonchev–Trinajstić information content (AvgIpc) is 3.59. The van der Waals surface area contributed by atoms with Crippen LogP contribution in [0.25, 0.3) is 32.9 Å². The summed E-state index contributed by atoms with van der Waals surface area (Å²) in [5, 5.41) is 13.3.